The topological polar surface area (TPSA) is 43.5 Å². The van der Waals surface area contributed by atoms with Gasteiger partial charge < -0.3 is 15.0 Å². The highest BCUT2D eigenvalue weighted by atomic mass is 19.3. The third-order valence-electron chi connectivity index (χ3n) is 7.50. The molecule has 0 radical (unpaired) electrons. The third kappa shape index (κ3) is 5.45. The summed E-state index contributed by atoms with van der Waals surface area (Å²) >= 11 is 0. The van der Waals surface area contributed by atoms with Crippen LogP contribution in [-0.2, 0) is 6.42 Å². The number of H-pyrrole nitrogens is 1. The average Bonchev–Trinajstić information content (AvgIpc) is 3.22. The minimum absolute atomic E-state index is 0.0207. The van der Waals surface area contributed by atoms with Crippen molar-refractivity contribution in [3.05, 3.63) is 58.8 Å². The summed E-state index contributed by atoms with van der Waals surface area (Å²) in [6.45, 7) is -0.415. The molecule has 3 aromatic rings. The Balaban J connectivity index is 1.57. The molecule has 0 spiro atoms. The van der Waals surface area contributed by atoms with E-state index in [0.717, 1.165) is 11.0 Å². The SMILES string of the molecule is C[C@@H]1Cc2c([nH]c3c(F)cc(F)cc23)C(c2ccc(NC3CN(CCCF)C3)cc2OC(F)F)N1C(F)C(F)F. The van der Waals surface area contributed by atoms with Crippen LogP contribution in [0.5, 0.6) is 5.75 Å². The van der Waals surface area contributed by atoms with Gasteiger partial charge in [0.15, 0.2) is 0 Å². The van der Waals surface area contributed by atoms with Crippen molar-refractivity contribution in [3.8, 4) is 5.75 Å². The Kier molecular flexibility index (Phi) is 8.14. The molecule has 1 aromatic heterocycles. The molecule has 2 aromatic carbocycles. The van der Waals surface area contributed by atoms with Crippen LogP contribution in [0.2, 0.25) is 0 Å². The normalized spacial score (nSPS) is 21.2. The number of alkyl halides is 6. The maximum atomic E-state index is 15.1. The standard InChI is InChI=1S/C27H28F8N4O/c1-13-7-18-19-8-14(29)9-20(30)22(19)37-23(18)24(39(13)26(33)25(31)32)17-4-3-15(10-21(17)40-27(34)35)36-16-11-38(12-16)6-2-5-28/h3-4,8-10,13,16,24-27,36-37H,2,5-7,11-12H2,1H3/t13-,24?,26?/m1/s1. The Hall–Kier alpha value is -3.06. The number of fused-ring (bicyclic) bond motifs is 3. The van der Waals surface area contributed by atoms with Gasteiger partial charge in [-0.2, -0.15) is 8.78 Å². The van der Waals surface area contributed by atoms with Crippen LogP contribution in [-0.4, -0.2) is 72.5 Å². The number of likely N-dealkylation sites (tertiary alicyclic amines) is 1. The second-order valence-electron chi connectivity index (χ2n) is 10.2. The first-order valence-electron chi connectivity index (χ1n) is 12.9. The summed E-state index contributed by atoms with van der Waals surface area (Å²) in [7, 11) is 0. The van der Waals surface area contributed by atoms with E-state index in [1.807, 2.05) is 4.90 Å². The lowest BCUT2D eigenvalue weighted by Crippen LogP contribution is -2.54. The molecule has 0 saturated carbocycles. The van der Waals surface area contributed by atoms with Crippen molar-refractivity contribution in [1.82, 2.24) is 14.8 Å². The molecule has 0 amide bonds. The zero-order valence-corrected chi connectivity index (χ0v) is 21.4. The summed E-state index contributed by atoms with van der Waals surface area (Å²) in [6, 6.07) is 3.60. The smallest absolute Gasteiger partial charge is 0.387 e. The van der Waals surface area contributed by atoms with Gasteiger partial charge >= 0.3 is 6.61 Å². The van der Waals surface area contributed by atoms with Gasteiger partial charge in [-0.05, 0) is 37.5 Å². The molecule has 0 aliphatic carbocycles. The van der Waals surface area contributed by atoms with Crippen molar-refractivity contribution in [1.29, 1.82) is 0 Å². The van der Waals surface area contributed by atoms with Crippen molar-refractivity contribution in [2.75, 3.05) is 31.6 Å². The number of aromatic amines is 1. The maximum absolute atomic E-state index is 15.1. The molecule has 1 saturated heterocycles. The highest BCUT2D eigenvalue weighted by molar-refractivity contribution is 5.86. The molecule has 3 heterocycles. The maximum Gasteiger partial charge on any atom is 0.387 e. The number of hydrogen-bond donors (Lipinski definition) is 2. The quantitative estimate of drug-likeness (QED) is 0.217. The fourth-order valence-corrected chi connectivity index (χ4v) is 5.79. The lowest BCUT2D eigenvalue weighted by atomic mass is 9.88. The number of benzene rings is 2. The van der Waals surface area contributed by atoms with Crippen LogP contribution in [0.4, 0.5) is 40.8 Å². The molecule has 40 heavy (non-hydrogen) atoms. The van der Waals surface area contributed by atoms with E-state index in [-0.39, 0.29) is 40.4 Å². The summed E-state index contributed by atoms with van der Waals surface area (Å²) in [5.41, 5.74) is 0.711. The average molecular weight is 577 g/mol. The van der Waals surface area contributed by atoms with E-state index in [0.29, 0.717) is 43.4 Å². The Morgan fingerprint density at radius 1 is 1.07 bits per heavy atom. The van der Waals surface area contributed by atoms with Gasteiger partial charge in [0.05, 0.1) is 24.3 Å². The van der Waals surface area contributed by atoms with E-state index in [2.05, 4.69) is 10.3 Å². The molecule has 2 aliphatic rings. The molecule has 3 atom stereocenters. The van der Waals surface area contributed by atoms with E-state index < -0.39 is 49.7 Å². The van der Waals surface area contributed by atoms with E-state index in [1.165, 1.54) is 25.1 Å². The van der Waals surface area contributed by atoms with Gasteiger partial charge in [-0.1, -0.05) is 6.07 Å². The highest BCUT2D eigenvalue weighted by Gasteiger charge is 2.44. The molecule has 0 bridgehead atoms. The van der Waals surface area contributed by atoms with Crippen LogP contribution in [0, 0.1) is 11.6 Å². The number of nitrogens with zero attached hydrogens (tertiary/aromatic N) is 2. The fourth-order valence-electron chi connectivity index (χ4n) is 5.79. The summed E-state index contributed by atoms with van der Waals surface area (Å²) < 4.78 is 116. The van der Waals surface area contributed by atoms with Gasteiger partial charge in [0.2, 0.25) is 6.30 Å². The molecule has 2 aliphatic heterocycles. The lowest BCUT2D eigenvalue weighted by Gasteiger charge is -2.43. The highest BCUT2D eigenvalue weighted by Crippen LogP contribution is 2.46. The second-order valence-corrected chi connectivity index (χ2v) is 10.2. The summed E-state index contributed by atoms with van der Waals surface area (Å²) in [6.07, 6.45) is -5.83. The van der Waals surface area contributed by atoms with Gasteiger partial charge in [0, 0.05) is 60.1 Å². The van der Waals surface area contributed by atoms with Gasteiger partial charge in [0.1, 0.15) is 17.4 Å². The predicted molar refractivity (Wildman–Crippen MR) is 133 cm³/mol. The number of nitrogens with one attached hydrogen (secondary N) is 2. The molecular weight excluding hydrogens is 548 g/mol. The first kappa shape index (κ1) is 28.5. The Bertz CT molecular complexity index is 1350. The van der Waals surface area contributed by atoms with Crippen LogP contribution in [0.25, 0.3) is 10.9 Å². The van der Waals surface area contributed by atoms with Crippen LogP contribution in [0.1, 0.15) is 36.2 Å². The molecule has 13 heteroatoms. The van der Waals surface area contributed by atoms with E-state index >= 15 is 4.39 Å². The summed E-state index contributed by atoms with van der Waals surface area (Å²) in [5, 5.41) is 3.34. The molecule has 218 valence electrons. The van der Waals surface area contributed by atoms with Gasteiger partial charge in [-0.25, -0.2) is 22.0 Å². The van der Waals surface area contributed by atoms with Crippen LogP contribution in [0.3, 0.4) is 0 Å². The van der Waals surface area contributed by atoms with E-state index in [1.54, 1.807) is 0 Å². The van der Waals surface area contributed by atoms with Gasteiger partial charge in [-0.15, -0.1) is 0 Å². The molecule has 2 N–H and O–H groups in total. The number of ether oxygens (including phenoxy) is 1. The Morgan fingerprint density at radius 2 is 1.82 bits per heavy atom. The van der Waals surface area contributed by atoms with Crippen molar-refractivity contribution < 1.29 is 39.9 Å². The molecule has 5 nitrogen and oxygen atoms in total. The minimum Gasteiger partial charge on any atom is -0.434 e. The van der Waals surface area contributed by atoms with E-state index in [4.69, 9.17) is 4.74 Å². The van der Waals surface area contributed by atoms with Crippen molar-refractivity contribution in [2.24, 2.45) is 0 Å². The van der Waals surface area contributed by atoms with Crippen molar-refractivity contribution in [2.45, 2.75) is 57.2 Å². The van der Waals surface area contributed by atoms with Crippen LogP contribution in [0.15, 0.2) is 30.3 Å². The number of anilines is 1. The third-order valence-corrected chi connectivity index (χ3v) is 7.50. The Morgan fingerprint density at radius 3 is 2.50 bits per heavy atom. The first-order valence-corrected chi connectivity index (χ1v) is 12.9. The van der Waals surface area contributed by atoms with Crippen molar-refractivity contribution in [3.63, 3.8) is 0 Å². The van der Waals surface area contributed by atoms with Gasteiger partial charge in [0.25, 0.3) is 6.43 Å². The molecule has 2 unspecified atom stereocenters. The molecular formula is C27H28F8N4O. The zero-order chi connectivity index (χ0) is 28.7. The number of hydrogen-bond acceptors (Lipinski definition) is 4. The predicted octanol–water partition coefficient (Wildman–Crippen LogP) is 6.40. The van der Waals surface area contributed by atoms with Gasteiger partial charge in [-0.3, -0.25) is 14.2 Å². The molecule has 1 fully saturated rings. The van der Waals surface area contributed by atoms with Crippen molar-refractivity contribution >= 4 is 16.6 Å². The second kappa shape index (κ2) is 11.4. The number of halogens is 8. The number of aromatic nitrogens is 1. The van der Waals surface area contributed by atoms with Crippen LogP contribution >= 0.6 is 0 Å². The summed E-state index contributed by atoms with van der Waals surface area (Å²) in [4.78, 5) is 5.65. The van der Waals surface area contributed by atoms with E-state index in [9.17, 15) is 30.7 Å². The zero-order valence-electron chi connectivity index (χ0n) is 21.4. The number of rotatable bonds is 10. The fraction of sp³-hybridized carbons (Fsp3) is 0.481. The van der Waals surface area contributed by atoms with Crippen LogP contribution < -0.4 is 10.1 Å². The minimum atomic E-state index is -3.43. The monoisotopic (exact) mass is 576 g/mol. The first-order chi connectivity index (χ1) is 19.1. The summed E-state index contributed by atoms with van der Waals surface area (Å²) in [5.74, 6) is -2.17. The molecule has 5 rings (SSSR count). The Labute approximate surface area is 225 Å². The largest absolute Gasteiger partial charge is 0.434 e. The lowest BCUT2D eigenvalue weighted by molar-refractivity contribution is -0.0857.